The molecule has 0 saturated carbocycles. The Morgan fingerprint density at radius 1 is 1.15 bits per heavy atom. The van der Waals surface area contributed by atoms with Crippen molar-refractivity contribution in [1.82, 2.24) is 24.5 Å². The van der Waals surface area contributed by atoms with E-state index in [0.717, 1.165) is 6.07 Å². The standard InChI is InChI=1S/C26H23F2N7O5S/c1-14-8-24(40-23-5-3-2-4-17(23)27)30-13-22(14)35-26(29)16(12-31-35)25(37)21-10-15-9-18(28)20(11-19(15)33-21)34-41(38,39)32-6-7-36/h2-5,8-13,32-34,36H,6-7,29H2,1H3. The van der Waals surface area contributed by atoms with Crippen LogP contribution in [0.2, 0.25) is 0 Å². The summed E-state index contributed by atoms with van der Waals surface area (Å²) >= 11 is 0. The van der Waals surface area contributed by atoms with Gasteiger partial charge in [0.2, 0.25) is 11.7 Å². The van der Waals surface area contributed by atoms with E-state index in [4.69, 9.17) is 15.6 Å². The number of nitrogens with two attached hydrogens (primary N) is 1. The topological polar surface area (TPSA) is 177 Å². The third kappa shape index (κ3) is 5.72. The number of para-hydroxylation sites is 1. The molecule has 0 aliphatic heterocycles. The van der Waals surface area contributed by atoms with Crippen LogP contribution in [0.15, 0.2) is 60.9 Å². The number of aliphatic hydroxyl groups is 1. The number of ether oxygens (including phenoxy) is 1. The molecular formula is C26H23F2N7O5S. The van der Waals surface area contributed by atoms with Gasteiger partial charge in [-0.15, -0.1) is 0 Å². The van der Waals surface area contributed by atoms with Crippen LogP contribution in [0.5, 0.6) is 11.6 Å². The average Bonchev–Trinajstić information content (AvgIpc) is 3.51. The Morgan fingerprint density at radius 3 is 2.66 bits per heavy atom. The fourth-order valence-corrected chi connectivity index (χ4v) is 4.90. The number of hydrogen-bond donors (Lipinski definition) is 5. The minimum absolute atomic E-state index is 0.0101. The summed E-state index contributed by atoms with van der Waals surface area (Å²) in [6.45, 7) is 1.05. The number of anilines is 2. The minimum atomic E-state index is -4.13. The van der Waals surface area contributed by atoms with Crippen LogP contribution < -0.4 is 19.9 Å². The van der Waals surface area contributed by atoms with Crippen LogP contribution in [-0.4, -0.2) is 52.2 Å². The van der Waals surface area contributed by atoms with Gasteiger partial charge in [0.1, 0.15) is 11.6 Å². The lowest BCUT2D eigenvalue weighted by Gasteiger charge is -2.11. The summed E-state index contributed by atoms with van der Waals surface area (Å²) in [5.41, 5.74) is 7.39. The third-order valence-electron chi connectivity index (χ3n) is 5.99. The van der Waals surface area contributed by atoms with Gasteiger partial charge >= 0.3 is 0 Å². The molecule has 0 radical (unpaired) electrons. The van der Waals surface area contributed by atoms with Gasteiger partial charge in [-0.05, 0) is 42.8 Å². The highest BCUT2D eigenvalue weighted by Gasteiger charge is 2.22. The number of ketones is 1. The molecule has 5 aromatic rings. The highest BCUT2D eigenvalue weighted by Crippen LogP contribution is 2.29. The lowest BCUT2D eigenvalue weighted by Crippen LogP contribution is -2.32. The quantitative estimate of drug-likeness (QED) is 0.156. The number of nitrogens with zero attached hydrogens (tertiary/aromatic N) is 3. The Labute approximate surface area is 232 Å². The zero-order valence-corrected chi connectivity index (χ0v) is 22.2. The van der Waals surface area contributed by atoms with Crippen molar-refractivity contribution in [3.8, 4) is 17.3 Å². The first-order chi connectivity index (χ1) is 19.6. The Balaban J connectivity index is 1.39. The van der Waals surface area contributed by atoms with Crippen molar-refractivity contribution < 1.29 is 31.8 Å². The molecule has 212 valence electrons. The summed E-state index contributed by atoms with van der Waals surface area (Å²) < 4.78 is 63.5. The molecule has 3 heterocycles. The summed E-state index contributed by atoms with van der Waals surface area (Å²) in [6, 6.07) is 11.2. The van der Waals surface area contributed by atoms with Gasteiger partial charge in [-0.3, -0.25) is 9.52 Å². The molecule has 0 unspecified atom stereocenters. The maximum atomic E-state index is 14.6. The van der Waals surface area contributed by atoms with Gasteiger partial charge in [0.15, 0.2) is 11.6 Å². The molecule has 15 heteroatoms. The molecule has 0 spiro atoms. The predicted molar refractivity (Wildman–Crippen MR) is 146 cm³/mol. The maximum Gasteiger partial charge on any atom is 0.299 e. The smallest absolute Gasteiger partial charge is 0.299 e. The number of rotatable bonds is 10. The summed E-state index contributed by atoms with van der Waals surface area (Å²) in [7, 11) is -4.13. The van der Waals surface area contributed by atoms with Gasteiger partial charge in [0.05, 0.1) is 41.6 Å². The van der Waals surface area contributed by atoms with Gasteiger partial charge in [-0.1, -0.05) is 12.1 Å². The molecule has 6 N–H and O–H groups in total. The summed E-state index contributed by atoms with van der Waals surface area (Å²) in [5, 5.41) is 13.3. The Morgan fingerprint density at radius 2 is 1.93 bits per heavy atom. The molecule has 3 aromatic heterocycles. The van der Waals surface area contributed by atoms with E-state index in [1.165, 1.54) is 41.3 Å². The Hall–Kier alpha value is -4.86. The minimum Gasteiger partial charge on any atom is -0.436 e. The van der Waals surface area contributed by atoms with Crippen molar-refractivity contribution in [2.45, 2.75) is 6.92 Å². The number of fused-ring (bicyclic) bond motifs is 1. The van der Waals surface area contributed by atoms with E-state index in [9.17, 15) is 22.0 Å². The van der Waals surface area contributed by atoms with Gasteiger partial charge < -0.3 is 20.6 Å². The largest absolute Gasteiger partial charge is 0.436 e. The number of aryl methyl sites for hydroxylation is 1. The maximum absolute atomic E-state index is 14.6. The molecule has 0 bridgehead atoms. The van der Waals surface area contributed by atoms with E-state index in [-0.39, 0.29) is 46.5 Å². The number of hydrogen-bond acceptors (Lipinski definition) is 8. The van der Waals surface area contributed by atoms with E-state index >= 15 is 0 Å². The van der Waals surface area contributed by atoms with Crippen molar-refractivity contribution in [3.05, 3.63) is 89.4 Å². The Bertz CT molecular complexity index is 1890. The van der Waals surface area contributed by atoms with Crippen LogP contribution in [0.25, 0.3) is 16.6 Å². The van der Waals surface area contributed by atoms with E-state index < -0.39 is 34.2 Å². The number of nitrogen functional groups attached to an aromatic ring is 1. The van der Waals surface area contributed by atoms with Crippen molar-refractivity contribution in [3.63, 3.8) is 0 Å². The number of halogens is 2. The lowest BCUT2D eigenvalue weighted by atomic mass is 10.1. The molecule has 0 saturated heterocycles. The summed E-state index contributed by atoms with van der Waals surface area (Å²) in [6.07, 6.45) is 2.70. The summed E-state index contributed by atoms with van der Waals surface area (Å²) in [5.74, 6) is -1.78. The Kier molecular flexibility index (Phi) is 7.40. The molecule has 5 rings (SSSR count). The van der Waals surface area contributed by atoms with Crippen LogP contribution in [0, 0.1) is 18.6 Å². The number of carbonyl (C=O) groups excluding carboxylic acids is 1. The predicted octanol–water partition coefficient (Wildman–Crippen LogP) is 3.18. The molecule has 0 aliphatic carbocycles. The van der Waals surface area contributed by atoms with Crippen molar-refractivity contribution in [2.75, 3.05) is 23.6 Å². The van der Waals surface area contributed by atoms with E-state index in [1.807, 2.05) is 9.44 Å². The van der Waals surface area contributed by atoms with Gasteiger partial charge in [0.25, 0.3) is 10.2 Å². The number of aliphatic hydroxyl groups excluding tert-OH is 1. The number of benzene rings is 2. The van der Waals surface area contributed by atoms with Crippen LogP contribution in [0.3, 0.4) is 0 Å². The van der Waals surface area contributed by atoms with E-state index in [2.05, 4.69) is 15.1 Å². The number of pyridine rings is 1. The molecule has 2 aromatic carbocycles. The first kappa shape index (κ1) is 27.7. The van der Waals surface area contributed by atoms with Crippen molar-refractivity contribution >= 4 is 38.4 Å². The first-order valence-corrected chi connectivity index (χ1v) is 13.5. The molecule has 41 heavy (non-hydrogen) atoms. The SMILES string of the molecule is Cc1cc(Oc2ccccc2F)ncc1-n1ncc(C(=O)c2cc3cc(F)c(NS(=O)(=O)NCCO)cc3[nH]2)c1N. The first-order valence-electron chi connectivity index (χ1n) is 12.0. The van der Waals surface area contributed by atoms with Crippen LogP contribution in [0.1, 0.15) is 21.6 Å². The second-order valence-corrected chi connectivity index (χ2v) is 10.4. The molecule has 0 amide bonds. The van der Waals surface area contributed by atoms with Gasteiger partial charge in [-0.2, -0.15) is 18.2 Å². The number of H-pyrrole nitrogens is 1. The number of aromatic amines is 1. The van der Waals surface area contributed by atoms with Crippen LogP contribution >= 0.6 is 0 Å². The van der Waals surface area contributed by atoms with Crippen LogP contribution in [-0.2, 0) is 10.2 Å². The normalized spacial score (nSPS) is 11.6. The lowest BCUT2D eigenvalue weighted by molar-refractivity contribution is 0.103. The number of carbonyl (C=O) groups is 1. The average molecular weight is 584 g/mol. The number of nitrogens with one attached hydrogen (secondary N) is 3. The molecular weight excluding hydrogens is 560 g/mol. The molecule has 0 atom stereocenters. The van der Waals surface area contributed by atoms with E-state index in [1.54, 1.807) is 25.1 Å². The fourth-order valence-electron chi connectivity index (χ4n) is 4.02. The fraction of sp³-hybridized carbons (Fsp3) is 0.115. The van der Waals surface area contributed by atoms with Gasteiger partial charge in [0, 0.05) is 23.5 Å². The monoisotopic (exact) mass is 583 g/mol. The highest BCUT2D eigenvalue weighted by atomic mass is 32.2. The molecule has 0 fully saturated rings. The second-order valence-electron chi connectivity index (χ2n) is 8.85. The zero-order chi connectivity index (χ0) is 29.3. The van der Waals surface area contributed by atoms with Crippen LogP contribution in [0.4, 0.5) is 20.3 Å². The molecule has 0 aliphatic rings. The zero-order valence-electron chi connectivity index (χ0n) is 21.4. The van der Waals surface area contributed by atoms with Crippen molar-refractivity contribution in [1.29, 1.82) is 0 Å². The molecule has 12 nitrogen and oxygen atoms in total. The van der Waals surface area contributed by atoms with Gasteiger partial charge in [-0.25, -0.2) is 18.4 Å². The van der Waals surface area contributed by atoms with E-state index in [0.29, 0.717) is 16.6 Å². The van der Waals surface area contributed by atoms with Crippen molar-refractivity contribution in [2.24, 2.45) is 0 Å². The second kappa shape index (κ2) is 11.0. The number of aromatic nitrogens is 4. The third-order valence-corrected chi connectivity index (χ3v) is 7.06. The highest BCUT2D eigenvalue weighted by molar-refractivity contribution is 7.90. The summed E-state index contributed by atoms with van der Waals surface area (Å²) in [4.78, 5) is 20.3.